The fraction of sp³-hybridized carbons (Fsp3) is 0.455. The molecule has 0 bridgehead atoms. The van der Waals surface area contributed by atoms with Gasteiger partial charge in [-0.25, -0.2) is 0 Å². The molecule has 1 fully saturated rings. The average molecular weight is 191 g/mol. The summed E-state index contributed by atoms with van der Waals surface area (Å²) in [5.41, 5.74) is 8.08. The van der Waals surface area contributed by atoms with Crippen molar-refractivity contribution >= 4 is 0 Å². The van der Waals surface area contributed by atoms with E-state index in [9.17, 15) is 0 Å². The minimum Gasteiger partial charge on any atom is -0.326 e. The lowest BCUT2D eigenvalue weighted by Gasteiger charge is -2.24. The lowest BCUT2D eigenvalue weighted by Crippen LogP contribution is -2.42. The van der Waals surface area contributed by atoms with E-state index in [0.29, 0.717) is 12.6 Å². The molecule has 1 aromatic rings. The highest BCUT2D eigenvalue weighted by Crippen LogP contribution is 2.14. The maximum atomic E-state index is 5.55. The van der Waals surface area contributed by atoms with Gasteiger partial charge >= 0.3 is 0 Å². The van der Waals surface area contributed by atoms with Crippen molar-refractivity contribution in [3.05, 3.63) is 35.4 Å². The molecule has 2 rings (SSSR count). The molecule has 14 heavy (non-hydrogen) atoms. The minimum atomic E-state index is 0.454. The summed E-state index contributed by atoms with van der Waals surface area (Å²) in [6.45, 7) is 3.75. The Kier molecular flexibility index (Phi) is 3.14. The first-order valence-corrected chi connectivity index (χ1v) is 5.13. The zero-order valence-electron chi connectivity index (χ0n) is 8.29. The molecule has 1 heterocycles. The van der Waals surface area contributed by atoms with E-state index in [1.54, 1.807) is 0 Å². The summed E-state index contributed by atoms with van der Waals surface area (Å²) >= 11 is 0. The fourth-order valence-corrected chi connectivity index (χ4v) is 1.78. The van der Waals surface area contributed by atoms with Gasteiger partial charge in [0.15, 0.2) is 0 Å². The van der Waals surface area contributed by atoms with Crippen molar-refractivity contribution in [3.8, 4) is 0 Å². The normalized spacial score (nSPS) is 22.2. The molecule has 3 nitrogen and oxygen atoms in total. The Morgan fingerprint density at radius 2 is 2.00 bits per heavy atom. The Labute approximate surface area is 84.7 Å². The number of hydrogen-bond donors (Lipinski definition) is 3. The van der Waals surface area contributed by atoms with Gasteiger partial charge in [-0.2, -0.15) is 0 Å². The lowest BCUT2D eigenvalue weighted by molar-refractivity contribution is 0.430. The van der Waals surface area contributed by atoms with E-state index in [2.05, 4.69) is 34.9 Å². The highest BCUT2D eigenvalue weighted by Gasteiger charge is 2.13. The maximum Gasteiger partial charge on any atom is 0.0447 e. The fourth-order valence-electron chi connectivity index (χ4n) is 1.78. The van der Waals surface area contributed by atoms with Crippen LogP contribution >= 0.6 is 0 Å². The first-order valence-electron chi connectivity index (χ1n) is 5.13. The van der Waals surface area contributed by atoms with E-state index in [1.165, 1.54) is 11.1 Å². The largest absolute Gasteiger partial charge is 0.326 e. The number of benzene rings is 1. The SMILES string of the molecule is NCc1ccc(C2CNCCN2)cc1. The molecule has 4 N–H and O–H groups in total. The number of rotatable bonds is 2. The maximum absolute atomic E-state index is 5.55. The molecule has 0 aromatic heterocycles. The van der Waals surface area contributed by atoms with E-state index in [-0.39, 0.29) is 0 Å². The second-order valence-electron chi connectivity index (χ2n) is 3.66. The Morgan fingerprint density at radius 1 is 1.21 bits per heavy atom. The zero-order valence-corrected chi connectivity index (χ0v) is 8.29. The molecule has 1 aliphatic rings. The van der Waals surface area contributed by atoms with Crippen molar-refractivity contribution in [1.29, 1.82) is 0 Å². The molecule has 1 saturated heterocycles. The smallest absolute Gasteiger partial charge is 0.0447 e. The molecular weight excluding hydrogens is 174 g/mol. The molecule has 1 aromatic carbocycles. The quantitative estimate of drug-likeness (QED) is 0.633. The highest BCUT2D eigenvalue weighted by molar-refractivity contribution is 5.25. The zero-order chi connectivity index (χ0) is 9.80. The van der Waals surface area contributed by atoms with Crippen LogP contribution in [-0.4, -0.2) is 19.6 Å². The standard InChI is InChI=1S/C11H17N3/c12-7-9-1-3-10(4-2-9)11-8-13-5-6-14-11/h1-4,11,13-14H,5-8,12H2. The van der Waals surface area contributed by atoms with Crippen molar-refractivity contribution in [2.75, 3.05) is 19.6 Å². The summed E-state index contributed by atoms with van der Waals surface area (Å²) in [6.07, 6.45) is 0. The van der Waals surface area contributed by atoms with E-state index >= 15 is 0 Å². The number of hydrogen-bond acceptors (Lipinski definition) is 3. The second-order valence-corrected chi connectivity index (χ2v) is 3.66. The van der Waals surface area contributed by atoms with Gasteiger partial charge in [0.25, 0.3) is 0 Å². The van der Waals surface area contributed by atoms with Gasteiger partial charge < -0.3 is 16.4 Å². The Balaban J connectivity index is 2.07. The molecular formula is C11H17N3. The van der Waals surface area contributed by atoms with Gasteiger partial charge in [-0.1, -0.05) is 24.3 Å². The van der Waals surface area contributed by atoms with Crippen molar-refractivity contribution in [1.82, 2.24) is 10.6 Å². The summed E-state index contributed by atoms with van der Waals surface area (Å²) in [4.78, 5) is 0. The van der Waals surface area contributed by atoms with Crippen LogP contribution in [0.15, 0.2) is 24.3 Å². The number of nitrogens with one attached hydrogen (secondary N) is 2. The summed E-state index contributed by atoms with van der Waals surface area (Å²) in [5.74, 6) is 0. The molecule has 0 radical (unpaired) electrons. The monoisotopic (exact) mass is 191 g/mol. The highest BCUT2D eigenvalue weighted by atomic mass is 15.1. The third-order valence-corrected chi connectivity index (χ3v) is 2.66. The van der Waals surface area contributed by atoms with E-state index < -0.39 is 0 Å². The van der Waals surface area contributed by atoms with Crippen molar-refractivity contribution in [2.24, 2.45) is 5.73 Å². The van der Waals surface area contributed by atoms with Crippen LogP contribution in [-0.2, 0) is 6.54 Å². The van der Waals surface area contributed by atoms with Crippen LogP contribution in [0.5, 0.6) is 0 Å². The number of piperazine rings is 1. The predicted molar refractivity (Wildman–Crippen MR) is 57.9 cm³/mol. The van der Waals surface area contributed by atoms with Crippen LogP contribution in [0, 0.1) is 0 Å². The van der Waals surface area contributed by atoms with Crippen molar-refractivity contribution in [2.45, 2.75) is 12.6 Å². The molecule has 76 valence electrons. The van der Waals surface area contributed by atoms with Crippen LogP contribution < -0.4 is 16.4 Å². The molecule has 0 spiro atoms. The van der Waals surface area contributed by atoms with Crippen molar-refractivity contribution in [3.63, 3.8) is 0 Å². The Morgan fingerprint density at radius 3 is 2.57 bits per heavy atom. The predicted octanol–water partition coefficient (Wildman–Crippen LogP) is 0.379. The molecule has 1 atom stereocenters. The van der Waals surface area contributed by atoms with Crippen molar-refractivity contribution < 1.29 is 0 Å². The first-order chi connectivity index (χ1) is 6.90. The van der Waals surface area contributed by atoms with Crippen LogP contribution in [0.2, 0.25) is 0 Å². The summed E-state index contributed by atoms with van der Waals surface area (Å²) in [7, 11) is 0. The second kappa shape index (κ2) is 4.55. The molecule has 0 saturated carbocycles. The summed E-state index contributed by atoms with van der Waals surface area (Å²) in [6, 6.07) is 8.98. The molecule has 3 heteroatoms. The minimum absolute atomic E-state index is 0.454. The molecule has 1 unspecified atom stereocenters. The van der Waals surface area contributed by atoms with E-state index in [0.717, 1.165) is 19.6 Å². The van der Waals surface area contributed by atoms with E-state index in [4.69, 9.17) is 5.73 Å². The van der Waals surface area contributed by atoms with Crippen LogP contribution in [0.1, 0.15) is 17.2 Å². The number of nitrogens with two attached hydrogens (primary N) is 1. The Bertz CT molecular complexity index is 275. The topological polar surface area (TPSA) is 50.1 Å². The van der Waals surface area contributed by atoms with E-state index in [1.807, 2.05) is 0 Å². The van der Waals surface area contributed by atoms with Crippen LogP contribution in [0.3, 0.4) is 0 Å². The first kappa shape index (κ1) is 9.65. The molecule has 1 aliphatic heterocycles. The molecule has 0 aliphatic carbocycles. The third-order valence-electron chi connectivity index (χ3n) is 2.66. The van der Waals surface area contributed by atoms with Gasteiger partial charge in [-0.15, -0.1) is 0 Å². The van der Waals surface area contributed by atoms with Gasteiger partial charge in [0.1, 0.15) is 0 Å². The lowest BCUT2D eigenvalue weighted by atomic mass is 10.0. The average Bonchev–Trinajstić information content (AvgIpc) is 2.30. The van der Waals surface area contributed by atoms with Crippen LogP contribution in [0.25, 0.3) is 0 Å². The van der Waals surface area contributed by atoms with Gasteiger partial charge in [-0.05, 0) is 11.1 Å². The van der Waals surface area contributed by atoms with Crippen LogP contribution in [0.4, 0.5) is 0 Å². The Hall–Kier alpha value is -0.900. The summed E-state index contributed by atoms with van der Waals surface area (Å²) < 4.78 is 0. The van der Waals surface area contributed by atoms with Gasteiger partial charge in [0, 0.05) is 32.2 Å². The third kappa shape index (κ3) is 2.12. The van der Waals surface area contributed by atoms with Gasteiger partial charge in [0.2, 0.25) is 0 Å². The molecule has 0 amide bonds. The van der Waals surface area contributed by atoms with Gasteiger partial charge in [0.05, 0.1) is 0 Å². The summed E-state index contributed by atoms with van der Waals surface area (Å²) in [5, 5.41) is 6.85. The van der Waals surface area contributed by atoms with Gasteiger partial charge in [-0.3, -0.25) is 0 Å².